The number of carbonyl (C=O) groups excluding carboxylic acids is 2. The molecule has 0 fully saturated rings. The summed E-state index contributed by atoms with van der Waals surface area (Å²) in [7, 11) is 0. The maximum atomic E-state index is 12.0. The molecule has 0 spiro atoms. The average Bonchev–Trinajstić information content (AvgIpc) is 2.48. The molecule has 0 bridgehead atoms. The van der Waals surface area contributed by atoms with Gasteiger partial charge >= 0.3 is 5.71 Å². The van der Waals surface area contributed by atoms with Crippen molar-refractivity contribution < 1.29 is 14.4 Å². The Labute approximate surface area is 115 Å². The van der Waals surface area contributed by atoms with E-state index in [-0.39, 0.29) is 11.6 Å². The fraction of sp³-hybridized carbons (Fsp3) is 0.0625. The zero-order chi connectivity index (χ0) is 14.1. The van der Waals surface area contributed by atoms with Gasteiger partial charge < -0.3 is 5.53 Å². The second kappa shape index (κ2) is 4.68. The van der Waals surface area contributed by atoms with E-state index < -0.39 is 5.92 Å². The lowest BCUT2D eigenvalue weighted by Gasteiger charge is -2.20. The first-order valence-electron chi connectivity index (χ1n) is 6.17. The van der Waals surface area contributed by atoms with Crippen LogP contribution in [0.15, 0.2) is 54.1 Å². The quantitative estimate of drug-likeness (QED) is 0.441. The highest BCUT2D eigenvalue weighted by Gasteiger charge is 2.35. The zero-order valence-corrected chi connectivity index (χ0v) is 10.5. The fourth-order valence-corrected chi connectivity index (χ4v) is 2.53. The van der Waals surface area contributed by atoms with Crippen LogP contribution in [-0.4, -0.2) is 22.1 Å². The van der Waals surface area contributed by atoms with Gasteiger partial charge in [0.25, 0.3) is 0 Å². The normalized spacial score (nSPS) is 20.5. The standard InChI is InChI=1S/C16H10N2O2/c17-18-14-7-5-10-3-1-2-4-12(10)16(14)13-9-11(19)6-8-15(13)20/h1-9,16H. The Bertz CT molecular complexity index is 762. The van der Waals surface area contributed by atoms with Gasteiger partial charge in [-0.25, -0.2) is 0 Å². The summed E-state index contributed by atoms with van der Waals surface area (Å²) >= 11 is 0. The Morgan fingerprint density at radius 1 is 1.00 bits per heavy atom. The minimum atomic E-state index is -0.511. The molecule has 1 atom stereocenters. The van der Waals surface area contributed by atoms with Crippen molar-refractivity contribution in [3.8, 4) is 0 Å². The molecule has 0 saturated heterocycles. The molecule has 2 aliphatic carbocycles. The van der Waals surface area contributed by atoms with Gasteiger partial charge in [0.05, 0.1) is 0 Å². The minimum absolute atomic E-state index is 0.232. The number of benzene rings is 1. The van der Waals surface area contributed by atoms with Gasteiger partial charge in [0.1, 0.15) is 5.92 Å². The summed E-state index contributed by atoms with van der Waals surface area (Å²) in [6, 6.07) is 7.53. The highest BCUT2D eigenvalue weighted by Crippen LogP contribution is 2.34. The Balaban J connectivity index is 2.20. The minimum Gasteiger partial charge on any atom is -0.361 e. The van der Waals surface area contributed by atoms with E-state index in [4.69, 9.17) is 5.53 Å². The number of hydrogen-bond donors (Lipinski definition) is 0. The van der Waals surface area contributed by atoms with E-state index >= 15 is 0 Å². The Morgan fingerprint density at radius 3 is 2.60 bits per heavy atom. The Hall–Kier alpha value is -2.84. The fourth-order valence-electron chi connectivity index (χ4n) is 2.53. The number of fused-ring (bicyclic) bond motifs is 1. The van der Waals surface area contributed by atoms with Gasteiger partial charge in [-0.05, 0) is 35.4 Å². The third kappa shape index (κ3) is 1.88. The molecule has 20 heavy (non-hydrogen) atoms. The molecule has 0 heterocycles. The molecule has 0 aliphatic heterocycles. The highest BCUT2D eigenvalue weighted by molar-refractivity contribution is 6.22. The van der Waals surface area contributed by atoms with E-state index in [0.29, 0.717) is 11.3 Å². The number of hydrogen-bond acceptors (Lipinski definition) is 2. The first kappa shape index (κ1) is 12.2. The van der Waals surface area contributed by atoms with E-state index in [9.17, 15) is 9.59 Å². The number of rotatable bonds is 1. The van der Waals surface area contributed by atoms with Crippen LogP contribution < -0.4 is 0 Å². The summed E-state index contributed by atoms with van der Waals surface area (Å²) in [5.74, 6) is -0.979. The van der Waals surface area contributed by atoms with Gasteiger partial charge in [-0.2, -0.15) is 4.79 Å². The van der Waals surface area contributed by atoms with Crippen LogP contribution in [0.5, 0.6) is 0 Å². The number of ketones is 2. The van der Waals surface area contributed by atoms with Crippen LogP contribution in [0.1, 0.15) is 17.0 Å². The van der Waals surface area contributed by atoms with Gasteiger partial charge in [-0.1, -0.05) is 24.3 Å². The lowest BCUT2D eigenvalue weighted by Crippen LogP contribution is -2.24. The van der Waals surface area contributed by atoms with Crippen molar-refractivity contribution in [2.24, 2.45) is 0 Å². The van der Waals surface area contributed by atoms with Gasteiger partial charge in [0.15, 0.2) is 11.6 Å². The first-order chi connectivity index (χ1) is 9.70. The lowest BCUT2D eigenvalue weighted by atomic mass is 9.78. The number of allylic oxidation sites excluding steroid dienone is 5. The Morgan fingerprint density at radius 2 is 1.80 bits per heavy atom. The molecule has 1 aromatic rings. The molecular formula is C16H10N2O2. The van der Waals surface area contributed by atoms with E-state index in [0.717, 1.165) is 11.1 Å². The smallest absolute Gasteiger partial charge is 0.303 e. The molecule has 1 unspecified atom stereocenters. The van der Waals surface area contributed by atoms with Gasteiger partial charge in [0.2, 0.25) is 0 Å². The molecule has 0 amide bonds. The third-order valence-corrected chi connectivity index (χ3v) is 3.44. The summed E-state index contributed by atoms with van der Waals surface area (Å²) < 4.78 is 0. The summed E-state index contributed by atoms with van der Waals surface area (Å²) in [6.07, 6.45) is 7.30. The van der Waals surface area contributed by atoms with Crippen molar-refractivity contribution in [1.29, 1.82) is 0 Å². The summed E-state index contributed by atoms with van der Waals surface area (Å²) in [5, 5.41) is 0. The van der Waals surface area contributed by atoms with Gasteiger partial charge in [-0.15, -0.1) is 0 Å². The summed E-state index contributed by atoms with van der Waals surface area (Å²) in [5.41, 5.74) is 11.7. The predicted molar refractivity (Wildman–Crippen MR) is 74.1 cm³/mol. The molecule has 0 radical (unpaired) electrons. The predicted octanol–water partition coefficient (Wildman–Crippen LogP) is 2.10. The second-order valence-electron chi connectivity index (χ2n) is 4.62. The van der Waals surface area contributed by atoms with E-state index in [1.54, 1.807) is 6.08 Å². The van der Waals surface area contributed by atoms with E-state index in [1.807, 2.05) is 30.3 Å². The molecular weight excluding hydrogens is 252 g/mol. The van der Waals surface area contributed by atoms with Crippen molar-refractivity contribution >= 4 is 23.4 Å². The third-order valence-electron chi connectivity index (χ3n) is 3.44. The van der Waals surface area contributed by atoms with E-state index in [2.05, 4.69) is 4.79 Å². The molecule has 0 aromatic heterocycles. The SMILES string of the molecule is [N-]=[N+]=C1C=Cc2ccccc2C1C1=CC(=O)C=CC1=O. The van der Waals surface area contributed by atoms with Gasteiger partial charge in [-0.3, -0.25) is 9.59 Å². The number of carbonyl (C=O) groups is 2. The van der Waals surface area contributed by atoms with Crippen LogP contribution >= 0.6 is 0 Å². The molecule has 4 nitrogen and oxygen atoms in total. The molecule has 3 rings (SSSR count). The maximum absolute atomic E-state index is 12.0. The first-order valence-corrected chi connectivity index (χ1v) is 6.17. The maximum Gasteiger partial charge on any atom is 0.303 e. The molecule has 1 aromatic carbocycles. The molecule has 4 heteroatoms. The topological polar surface area (TPSA) is 70.5 Å². The highest BCUT2D eigenvalue weighted by atomic mass is 16.1. The largest absolute Gasteiger partial charge is 0.361 e. The second-order valence-corrected chi connectivity index (χ2v) is 4.62. The van der Waals surface area contributed by atoms with Crippen molar-refractivity contribution in [2.75, 3.05) is 0 Å². The summed E-state index contributed by atoms with van der Waals surface area (Å²) in [4.78, 5) is 26.8. The van der Waals surface area contributed by atoms with Crippen molar-refractivity contribution in [3.63, 3.8) is 0 Å². The monoisotopic (exact) mass is 262 g/mol. The molecule has 0 N–H and O–H groups in total. The van der Waals surface area contributed by atoms with E-state index in [1.165, 1.54) is 18.2 Å². The zero-order valence-electron chi connectivity index (χ0n) is 10.5. The van der Waals surface area contributed by atoms with Crippen LogP contribution in [-0.2, 0) is 9.59 Å². The molecule has 96 valence electrons. The van der Waals surface area contributed by atoms with Crippen LogP contribution in [0.4, 0.5) is 0 Å². The lowest BCUT2D eigenvalue weighted by molar-refractivity contribution is -0.114. The molecule has 0 saturated carbocycles. The van der Waals surface area contributed by atoms with Crippen LogP contribution in [0.2, 0.25) is 0 Å². The van der Waals surface area contributed by atoms with Crippen LogP contribution in [0, 0.1) is 0 Å². The average molecular weight is 262 g/mol. The van der Waals surface area contributed by atoms with Crippen LogP contribution in [0.25, 0.3) is 11.6 Å². The van der Waals surface area contributed by atoms with Gasteiger partial charge in [0, 0.05) is 11.6 Å². The van der Waals surface area contributed by atoms with Crippen molar-refractivity contribution in [1.82, 2.24) is 0 Å². The van der Waals surface area contributed by atoms with Crippen molar-refractivity contribution in [3.05, 3.63) is 70.8 Å². The molecule has 2 aliphatic rings. The Kier molecular flexibility index (Phi) is 2.86. The number of nitrogens with zero attached hydrogens (tertiary/aromatic N) is 2. The van der Waals surface area contributed by atoms with Crippen LogP contribution in [0.3, 0.4) is 0 Å². The summed E-state index contributed by atoms with van der Waals surface area (Å²) in [6.45, 7) is 0. The van der Waals surface area contributed by atoms with Crippen molar-refractivity contribution in [2.45, 2.75) is 5.92 Å².